The third-order valence-corrected chi connectivity index (χ3v) is 6.11. The number of aromatic hydroxyl groups is 1. The zero-order valence-electron chi connectivity index (χ0n) is 18.3. The standard InChI is InChI=1S/C23H32BrN5O/c1-22(2)11-16(12-23(3,4)28-22)29(5)21(26)7-6-18(25)17-10-19-14(9-20(17)30)8-15(24)13-27-19/h6-10,13,16,26-28,30H,11-12,25H2,1-5H3. The van der Waals surface area contributed by atoms with Gasteiger partial charge in [0.25, 0.3) is 0 Å². The molecule has 0 bridgehead atoms. The van der Waals surface area contributed by atoms with E-state index >= 15 is 0 Å². The summed E-state index contributed by atoms with van der Waals surface area (Å²) in [7, 11) is 1.96. The number of nitrogens with zero attached hydrogens (tertiary/aromatic N) is 1. The largest absolute Gasteiger partial charge is 0.507 e. The highest BCUT2D eigenvalue weighted by Gasteiger charge is 2.39. The summed E-state index contributed by atoms with van der Waals surface area (Å²) in [6.07, 6.45) is 9.07. The number of rotatable bonds is 3. The summed E-state index contributed by atoms with van der Waals surface area (Å²) in [5.74, 6) is 0.505. The number of piperidine rings is 1. The molecule has 0 spiro atoms. The molecule has 6 nitrogen and oxygen atoms in total. The highest BCUT2D eigenvalue weighted by Crippen LogP contribution is 2.31. The number of allylic oxidation sites excluding steroid dienone is 1. The van der Waals surface area contributed by atoms with Gasteiger partial charge in [0.05, 0.1) is 0 Å². The minimum Gasteiger partial charge on any atom is -0.507 e. The number of hydrogen-bond donors (Lipinski definition) is 5. The molecule has 2 aliphatic heterocycles. The van der Waals surface area contributed by atoms with Crippen LogP contribution in [0.4, 0.5) is 5.69 Å². The van der Waals surface area contributed by atoms with E-state index in [1.165, 1.54) is 0 Å². The first-order chi connectivity index (χ1) is 13.9. The van der Waals surface area contributed by atoms with Crippen LogP contribution in [-0.2, 0) is 0 Å². The van der Waals surface area contributed by atoms with E-state index in [9.17, 15) is 5.11 Å². The summed E-state index contributed by atoms with van der Waals surface area (Å²) in [4.78, 5) is 2.01. The lowest BCUT2D eigenvalue weighted by atomic mass is 9.79. The Labute approximate surface area is 186 Å². The highest BCUT2D eigenvalue weighted by atomic mass is 79.9. The van der Waals surface area contributed by atoms with Crippen molar-refractivity contribution in [2.75, 3.05) is 12.4 Å². The average Bonchev–Trinajstić information content (AvgIpc) is 2.62. The summed E-state index contributed by atoms with van der Waals surface area (Å²) in [6, 6.07) is 3.77. The Morgan fingerprint density at radius 3 is 2.50 bits per heavy atom. The summed E-state index contributed by atoms with van der Waals surface area (Å²) < 4.78 is 0.903. The van der Waals surface area contributed by atoms with E-state index in [0.29, 0.717) is 16.8 Å². The molecule has 0 radical (unpaired) electrons. The quantitative estimate of drug-likeness (QED) is 0.264. The first kappa shape index (κ1) is 22.4. The van der Waals surface area contributed by atoms with Gasteiger partial charge in [-0.1, -0.05) is 0 Å². The molecule has 1 fully saturated rings. The number of anilines is 1. The van der Waals surface area contributed by atoms with Crippen molar-refractivity contribution >= 4 is 39.2 Å². The number of amidine groups is 1. The molecule has 0 aliphatic carbocycles. The van der Waals surface area contributed by atoms with Crippen molar-refractivity contribution in [3.05, 3.63) is 45.4 Å². The van der Waals surface area contributed by atoms with Gasteiger partial charge in [-0.25, -0.2) is 0 Å². The first-order valence-corrected chi connectivity index (χ1v) is 10.9. The van der Waals surface area contributed by atoms with Crippen molar-refractivity contribution in [2.45, 2.75) is 57.7 Å². The van der Waals surface area contributed by atoms with Gasteiger partial charge < -0.3 is 26.4 Å². The predicted octanol–water partition coefficient (Wildman–Crippen LogP) is 2.68. The topological polar surface area (TPSA) is 97.4 Å². The van der Waals surface area contributed by atoms with Crippen LogP contribution in [0.2, 0.25) is 0 Å². The number of hydrogen-bond acceptors (Lipinski definition) is 5. The Kier molecular flexibility index (Phi) is 6.07. The number of nitrogens with two attached hydrogens (primary N) is 1. The van der Waals surface area contributed by atoms with Gasteiger partial charge in [0.2, 0.25) is 0 Å². The lowest BCUT2D eigenvalue weighted by molar-refractivity contribution is 0.114. The highest BCUT2D eigenvalue weighted by molar-refractivity contribution is 9.12. The second-order valence-electron chi connectivity index (χ2n) is 9.51. The van der Waals surface area contributed by atoms with Crippen molar-refractivity contribution in [1.29, 1.82) is 5.41 Å². The second-order valence-corrected chi connectivity index (χ2v) is 10.4. The molecule has 6 N–H and O–H groups in total. The molecular weight excluding hydrogens is 442 g/mol. The van der Waals surface area contributed by atoms with Gasteiger partial charge in [-0.05, 0) is 86.8 Å². The maximum Gasteiger partial charge on any atom is 0.125 e. The summed E-state index contributed by atoms with van der Waals surface area (Å²) in [5, 5.41) is 27.2. The van der Waals surface area contributed by atoms with Crippen LogP contribution in [0.25, 0.3) is 11.8 Å². The molecule has 30 heavy (non-hydrogen) atoms. The Balaban J connectivity index is 1.82. The van der Waals surface area contributed by atoms with Gasteiger partial charge in [-0.3, -0.25) is 5.41 Å². The predicted molar refractivity (Wildman–Crippen MR) is 129 cm³/mol. The number of likely N-dealkylation sites (N-methyl/N-ethyl adjacent to an activating group) is 1. The van der Waals surface area contributed by atoms with Gasteiger partial charge in [0, 0.05) is 56.7 Å². The van der Waals surface area contributed by atoms with Crippen molar-refractivity contribution in [3.8, 4) is 5.75 Å². The maximum absolute atomic E-state index is 10.4. The van der Waals surface area contributed by atoms with Crippen LogP contribution in [0.1, 0.15) is 40.5 Å². The number of nitrogens with one attached hydrogen (secondary N) is 3. The molecule has 0 atom stereocenters. The molecule has 3 rings (SSSR count). The molecule has 2 heterocycles. The Hall–Kier alpha value is -2.25. The first-order valence-electron chi connectivity index (χ1n) is 10.1. The molecule has 7 heteroatoms. The van der Waals surface area contributed by atoms with Crippen LogP contribution >= 0.6 is 15.9 Å². The van der Waals surface area contributed by atoms with Gasteiger partial charge >= 0.3 is 0 Å². The molecule has 0 unspecified atom stereocenters. The summed E-state index contributed by atoms with van der Waals surface area (Å²) in [6.45, 7) is 8.83. The Morgan fingerprint density at radius 1 is 1.23 bits per heavy atom. The third kappa shape index (κ3) is 5.08. The van der Waals surface area contributed by atoms with Gasteiger partial charge in [-0.2, -0.15) is 0 Å². The lowest BCUT2D eigenvalue weighted by Gasteiger charge is -2.49. The van der Waals surface area contributed by atoms with E-state index in [1.807, 2.05) is 30.3 Å². The molecule has 1 aromatic rings. The summed E-state index contributed by atoms with van der Waals surface area (Å²) in [5.41, 5.74) is 7.56. The number of phenols is 1. The van der Waals surface area contributed by atoms with E-state index in [2.05, 4.69) is 54.3 Å². The molecule has 0 amide bonds. The Bertz CT molecular complexity index is 1020. The van der Waals surface area contributed by atoms with Crippen LogP contribution in [0.5, 0.6) is 5.75 Å². The van der Waals surface area contributed by atoms with Gasteiger partial charge in [0.1, 0.15) is 11.6 Å². The van der Waals surface area contributed by atoms with Crippen LogP contribution in [-0.4, -0.2) is 40.0 Å². The van der Waals surface area contributed by atoms with Crippen molar-refractivity contribution in [3.63, 3.8) is 0 Å². The van der Waals surface area contributed by atoms with E-state index < -0.39 is 0 Å². The van der Waals surface area contributed by atoms with Crippen molar-refractivity contribution < 1.29 is 5.11 Å². The SMILES string of the molecule is CN(C(=N)C=CC(N)=c1cc2c(cc1O)=CC(Br)=CN2)C1CC(C)(C)NC(C)(C)C1. The van der Waals surface area contributed by atoms with Crippen LogP contribution < -0.4 is 26.8 Å². The minimum absolute atomic E-state index is 0.0121. The van der Waals surface area contributed by atoms with Crippen LogP contribution in [0.15, 0.2) is 35.0 Å². The average molecular weight is 474 g/mol. The number of fused-ring (bicyclic) bond motifs is 1. The molecule has 0 saturated carbocycles. The monoisotopic (exact) mass is 473 g/mol. The zero-order valence-corrected chi connectivity index (χ0v) is 19.9. The fourth-order valence-electron chi connectivity index (χ4n) is 4.53. The Morgan fingerprint density at radius 2 is 1.87 bits per heavy atom. The lowest BCUT2D eigenvalue weighted by Crippen LogP contribution is -2.62. The minimum atomic E-state index is 0.0121. The molecular formula is C23H32BrN5O. The van der Waals surface area contributed by atoms with E-state index in [4.69, 9.17) is 11.1 Å². The molecule has 1 aromatic carbocycles. The fourth-order valence-corrected chi connectivity index (χ4v) is 4.89. The fraction of sp³-hybridized carbons (Fsp3) is 0.435. The third-order valence-electron chi connectivity index (χ3n) is 5.65. The van der Waals surface area contributed by atoms with E-state index in [1.54, 1.807) is 18.2 Å². The van der Waals surface area contributed by atoms with Gasteiger partial charge in [0.15, 0.2) is 0 Å². The molecule has 162 valence electrons. The number of phenolic OH excluding ortho intramolecular Hbond substituents is 1. The van der Waals surface area contributed by atoms with Crippen LogP contribution in [0.3, 0.4) is 0 Å². The molecule has 1 saturated heterocycles. The van der Waals surface area contributed by atoms with Crippen molar-refractivity contribution in [1.82, 2.24) is 10.2 Å². The van der Waals surface area contributed by atoms with E-state index in [-0.39, 0.29) is 22.9 Å². The number of halogens is 1. The van der Waals surface area contributed by atoms with Crippen LogP contribution in [0, 0.1) is 5.41 Å². The molecule has 0 aromatic heterocycles. The zero-order chi connectivity index (χ0) is 22.3. The second kappa shape index (κ2) is 8.12. The number of benzene rings is 1. The van der Waals surface area contributed by atoms with Gasteiger partial charge in [-0.15, -0.1) is 0 Å². The maximum atomic E-state index is 10.4. The normalized spacial score (nSPS) is 21.2. The van der Waals surface area contributed by atoms with Crippen molar-refractivity contribution in [2.24, 2.45) is 5.73 Å². The molecule has 2 aliphatic rings. The summed E-state index contributed by atoms with van der Waals surface area (Å²) >= 11 is 3.42. The smallest absolute Gasteiger partial charge is 0.125 e. The van der Waals surface area contributed by atoms with E-state index in [0.717, 1.165) is 28.2 Å².